The molecule has 2 aromatic carbocycles. The normalized spacial score (nSPS) is 11.0. The van der Waals surface area contributed by atoms with Gasteiger partial charge in [0.1, 0.15) is 12.3 Å². The van der Waals surface area contributed by atoms with Crippen LogP contribution in [0.5, 0.6) is 5.75 Å². The fourth-order valence-corrected chi connectivity index (χ4v) is 3.65. The second-order valence-electron chi connectivity index (χ2n) is 4.54. The van der Waals surface area contributed by atoms with Crippen LogP contribution in [0.25, 0.3) is 0 Å². The molecule has 0 saturated carbocycles. The molecule has 0 aliphatic heterocycles. The van der Waals surface area contributed by atoms with Crippen LogP contribution in [0, 0.1) is 0 Å². The molecule has 0 atom stereocenters. The number of carboxylic acids is 1. The number of ether oxygens (including phenoxy) is 1. The van der Waals surface area contributed by atoms with Crippen molar-refractivity contribution in [3.05, 3.63) is 53.6 Å². The van der Waals surface area contributed by atoms with E-state index >= 15 is 0 Å². The number of carbonyl (C=O) groups is 1. The second kappa shape index (κ2) is 6.89. The summed E-state index contributed by atoms with van der Waals surface area (Å²) in [5.74, 6) is -0.917. The average Bonchev–Trinajstić information content (AvgIpc) is 2.53. The lowest BCUT2D eigenvalue weighted by atomic mass is 10.3. The molecule has 122 valence electrons. The molecule has 6 nitrogen and oxygen atoms in total. The molecule has 0 unspecified atom stereocenters. The first-order valence-electron chi connectivity index (χ1n) is 6.49. The largest absolute Gasteiger partial charge is 0.495 e. The van der Waals surface area contributed by atoms with E-state index in [2.05, 4.69) is 0 Å². The third kappa shape index (κ3) is 3.75. The Labute approximate surface area is 138 Å². The van der Waals surface area contributed by atoms with Crippen molar-refractivity contribution < 1.29 is 23.1 Å². The Morgan fingerprint density at radius 3 is 2.39 bits per heavy atom. The maximum absolute atomic E-state index is 12.7. The number of rotatable bonds is 6. The van der Waals surface area contributed by atoms with Crippen molar-refractivity contribution in [2.45, 2.75) is 4.90 Å². The van der Waals surface area contributed by atoms with Crippen LogP contribution in [-0.2, 0) is 14.8 Å². The van der Waals surface area contributed by atoms with Crippen LogP contribution in [0.1, 0.15) is 0 Å². The number of benzene rings is 2. The summed E-state index contributed by atoms with van der Waals surface area (Å²) >= 11 is 6.01. The number of sulfonamides is 1. The minimum absolute atomic E-state index is 0.00631. The molecule has 0 radical (unpaired) electrons. The Kier molecular flexibility index (Phi) is 5.12. The predicted molar refractivity (Wildman–Crippen MR) is 86.6 cm³/mol. The molecule has 0 aromatic heterocycles. The number of carboxylic acid groups (broad SMARTS) is 1. The van der Waals surface area contributed by atoms with E-state index in [0.29, 0.717) is 5.75 Å². The van der Waals surface area contributed by atoms with Gasteiger partial charge in [0.2, 0.25) is 0 Å². The number of hydrogen-bond acceptors (Lipinski definition) is 4. The molecule has 0 saturated heterocycles. The van der Waals surface area contributed by atoms with Crippen molar-refractivity contribution in [3.8, 4) is 5.75 Å². The van der Waals surface area contributed by atoms with Crippen LogP contribution in [0.4, 0.5) is 5.69 Å². The number of aliphatic carboxylic acids is 1. The van der Waals surface area contributed by atoms with Gasteiger partial charge in [-0.15, -0.1) is 0 Å². The molecule has 0 fully saturated rings. The van der Waals surface area contributed by atoms with E-state index in [-0.39, 0.29) is 15.6 Å². The van der Waals surface area contributed by atoms with Crippen molar-refractivity contribution >= 4 is 33.3 Å². The molecule has 0 spiro atoms. The minimum Gasteiger partial charge on any atom is -0.495 e. The second-order valence-corrected chi connectivity index (χ2v) is 6.81. The molecule has 0 aliphatic carbocycles. The summed E-state index contributed by atoms with van der Waals surface area (Å²) in [5, 5.41) is 9.25. The smallest absolute Gasteiger partial charge is 0.324 e. The molecule has 8 heteroatoms. The monoisotopic (exact) mass is 355 g/mol. The van der Waals surface area contributed by atoms with Gasteiger partial charge < -0.3 is 9.84 Å². The summed E-state index contributed by atoms with van der Waals surface area (Å²) in [5.41, 5.74) is 0.141. The zero-order valence-corrected chi connectivity index (χ0v) is 13.7. The van der Waals surface area contributed by atoms with Crippen LogP contribution in [-0.4, -0.2) is 33.1 Å². The third-order valence-corrected chi connectivity index (χ3v) is 5.12. The van der Waals surface area contributed by atoms with Gasteiger partial charge in [0.25, 0.3) is 10.0 Å². The molecule has 0 bridgehead atoms. The van der Waals surface area contributed by atoms with Gasteiger partial charge in [-0.25, -0.2) is 8.42 Å². The molecule has 0 heterocycles. The summed E-state index contributed by atoms with van der Waals surface area (Å²) in [6.45, 7) is -0.722. The van der Waals surface area contributed by atoms with Gasteiger partial charge in [-0.2, -0.15) is 0 Å². The van der Waals surface area contributed by atoms with Gasteiger partial charge in [-0.1, -0.05) is 29.8 Å². The van der Waals surface area contributed by atoms with Crippen molar-refractivity contribution in [3.63, 3.8) is 0 Å². The maximum atomic E-state index is 12.7. The van der Waals surface area contributed by atoms with Gasteiger partial charge in [0.15, 0.2) is 0 Å². The molecule has 2 rings (SSSR count). The van der Waals surface area contributed by atoms with E-state index in [1.54, 1.807) is 18.2 Å². The van der Waals surface area contributed by atoms with Gasteiger partial charge in [0.05, 0.1) is 22.7 Å². The Morgan fingerprint density at radius 2 is 1.87 bits per heavy atom. The first kappa shape index (κ1) is 17.1. The summed E-state index contributed by atoms with van der Waals surface area (Å²) in [6.07, 6.45) is 0. The lowest BCUT2D eigenvalue weighted by molar-refractivity contribution is -0.135. The maximum Gasteiger partial charge on any atom is 0.324 e. The van der Waals surface area contributed by atoms with Gasteiger partial charge >= 0.3 is 5.97 Å². The van der Waals surface area contributed by atoms with Crippen molar-refractivity contribution in [1.82, 2.24) is 0 Å². The van der Waals surface area contributed by atoms with Crippen LogP contribution >= 0.6 is 11.6 Å². The van der Waals surface area contributed by atoms with Crippen LogP contribution in [0.2, 0.25) is 5.02 Å². The van der Waals surface area contributed by atoms with E-state index in [0.717, 1.165) is 4.31 Å². The fraction of sp³-hybridized carbons (Fsp3) is 0.133. The van der Waals surface area contributed by atoms with Crippen LogP contribution < -0.4 is 9.04 Å². The van der Waals surface area contributed by atoms with Gasteiger partial charge in [-0.05, 0) is 30.3 Å². The molecular formula is C15H14ClNO5S. The molecular weight excluding hydrogens is 342 g/mol. The molecule has 0 aliphatic rings. The molecule has 0 amide bonds. The molecule has 1 N–H and O–H groups in total. The minimum atomic E-state index is -4.03. The summed E-state index contributed by atoms with van der Waals surface area (Å²) in [4.78, 5) is 11.1. The highest BCUT2D eigenvalue weighted by Crippen LogP contribution is 2.31. The number of nitrogens with zero attached hydrogens (tertiary/aromatic N) is 1. The Balaban J connectivity index is 2.54. The zero-order chi connectivity index (χ0) is 17.0. The average molecular weight is 356 g/mol. The highest BCUT2D eigenvalue weighted by molar-refractivity contribution is 7.92. The number of methoxy groups -OCH3 is 1. The van der Waals surface area contributed by atoms with E-state index in [1.165, 1.54) is 37.4 Å². The number of hydrogen-bond donors (Lipinski definition) is 1. The highest BCUT2D eigenvalue weighted by atomic mass is 35.5. The van der Waals surface area contributed by atoms with E-state index in [4.69, 9.17) is 21.4 Å². The van der Waals surface area contributed by atoms with Crippen LogP contribution in [0.3, 0.4) is 0 Å². The van der Waals surface area contributed by atoms with Crippen molar-refractivity contribution in [1.29, 1.82) is 0 Å². The van der Waals surface area contributed by atoms with E-state index in [1.807, 2.05) is 0 Å². The highest BCUT2D eigenvalue weighted by Gasteiger charge is 2.27. The standard InChI is InChI=1S/C15H14ClNO5S/c1-22-14-8-7-11(9-13(14)16)17(10-15(18)19)23(20,21)12-5-3-2-4-6-12/h2-9H,10H2,1H3,(H,18,19). The van der Waals surface area contributed by atoms with E-state index in [9.17, 15) is 13.2 Å². The Hall–Kier alpha value is -2.25. The zero-order valence-electron chi connectivity index (χ0n) is 12.1. The van der Waals surface area contributed by atoms with Crippen molar-refractivity contribution in [2.24, 2.45) is 0 Å². The summed E-state index contributed by atoms with van der Waals surface area (Å²) < 4.78 is 31.2. The SMILES string of the molecule is COc1ccc(N(CC(=O)O)S(=O)(=O)c2ccccc2)cc1Cl. The fourth-order valence-electron chi connectivity index (χ4n) is 1.97. The van der Waals surface area contributed by atoms with E-state index < -0.39 is 22.5 Å². The Morgan fingerprint density at radius 1 is 1.22 bits per heavy atom. The van der Waals surface area contributed by atoms with Gasteiger partial charge in [0, 0.05) is 0 Å². The quantitative estimate of drug-likeness (QED) is 0.861. The number of anilines is 1. The first-order valence-corrected chi connectivity index (χ1v) is 8.31. The predicted octanol–water partition coefficient (Wildman–Crippen LogP) is 2.63. The van der Waals surface area contributed by atoms with Gasteiger partial charge in [-0.3, -0.25) is 9.10 Å². The summed E-state index contributed by atoms with van der Waals surface area (Å²) in [7, 11) is -2.61. The third-order valence-electron chi connectivity index (χ3n) is 3.03. The molecule has 23 heavy (non-hydrogen) atoms. The van der Waals surface area contributed by atoms with Crippen LogP contribution in [0.15, 0.2) is 53.4 Å². The lowest BCUT2D eigenvalue weighted by Crippen LogP contribution is -2.35. The number of halogens is 1. The Bertz CT molecular complexity index is 808. The summed E-state index contributed by atoms with van der Waals surface area (Å²) in [6, 6.07) is 11.9. The molecule has 2 aromatic rings. The van der Waals surface area contributed by atoms with Crippen molar-refractivity contribution in [2.75, 3.05) is 18.0 Å². The topological polar surface area (TPSA) is 83.9 Å². The lowest BCUT2D eigenvalue weighted by Gasteiger charge is -2.23. The first-order chi connectivity index (χ1) is 10.9.